The number of rotatable bonds is 4. The molecule has 0 heterocycles. The van der Waals surface area contributed by atoms with Gasteiger partial charge in [-0.05, 0) is 30.3 Å². The third-order valence-corrected chi connectivity index (χ3v) is 2.94. The lowest BCUT2D eigenvalue weighted by Crippen LogP contribution is -2.06. The fourth-order valence-corrected chi connectivity index (χ4v) is 1.83. The van der Waals surface area contributed by atoms with Crippen LogP contribution >= 0.6 is 0 Å². The van der Waals surface area contributed by atoms with Gasteiger partial charge >= 0.3 is 6.18 Å². The van der Waals surface area contributed by atoms with Crippen LogP contribution in [0.2, 0.25) is 0 Å². The van der Waals surface area contributed by atoms with Crippen LogP contribution in [-0.2, 0) is 12.8 Å². The third-order valence-electron chi connectivity index (χ3n) is 2.94. The minimum Gasteiger partial charge on any atom is -0.489 e. The van der Waals surface area contributed by atoms with Gasteiger partial charge in [0.2, 0.25) is 0 Å². The Morgan fingerprint density at radius 2 is 1.73 bits per heavy atom. The number of hydrogen-bond donors (Lipinski definition) is 0. The van der Waals surface area contributed by atoms with Crippen molar-refractivity contribution in [1.82, 2.24) is 0 Å². The standard InChI is InChI=1S/C16H10F3NO2/c17-16(18,19)12-5-7-13(8-6-12)22-10-11-3-1-2-4-14(11)15(21)9-20/h1-8H,10H2. The number of benzene rings is 2. The molecule has 0 aliphatic heterocycles. The number of Topliss-reactive ketones (excluding diaryl/α,β-unsaturated/α-hetero) is 1. The molecule has 0 radical (unpaired) electrons. The molecule has 2 aromatic carbocycles. The topological polar surface area (TPSA) is 50.1 Å². The van der Waals surface area contributed by atoms with Crippen LogP contribution < -0.4 is 4.74 Å². The summed E-state index contributed by atoms with van der Waals surface area (Å²) in [6.07, 6.45) is -4.40. The van der Waals surface area contributed by atoms with E-state index in [-0.39, 0.29) is 17.9 Å². The van der Waals surface area contributed by atoms with E-state index in [1.807, 2.05) is 0 Å². The van der Waals surface area contributed by atoms with E-state index in [1.165, 1.54) is 24.3 Å². The van der Waals surface area contributed by atoms with E-state index < -0.39 is 17.5 Å². The molecule has 0 saturated heterocycles. The molecular formula is C16H10F3NO2. The molecule has 0 atom stereocenters. The van der Waals surface area contributed by atoms with Gasteiger partial charge in [0.15, 0.2) is 0 Å². The average Bonchev–Trinajstić information content (AvgIpc) is 2.52. The first-order valence-electron chi connectivity index (χ1n) is 6.24. The molecule has 22 heavy (non-hydrogen) atoms. The van der Waals surface area contributed by atoms with Crippen LogP contribution in [0.15, 0.2) is 48.5 Å². The van der Waals surface area contributed by atoms with Crippen molar-refractivity contribution in [1.29, 1.82) is 5.26 Å². The van der Waals surface area contributed by atoms with Crippen molar-refractivity contribution in [2.75, 3.05) is 0 Å². The van der Waals surface area contributed by atoms with Crippen molar-refractivity contribution in [2.24, 2.45) is 0 Å². The minimum absolute atomic E-state index is 0.0189. The normalized spacial score (nSPS) is 10.8. The fourth-order valence-electron chi connectivity index (χ4n) is 1.83. The molecule has 3 nitrogen and oxygen atoms in total. The highest BCUT2D eigenvalue weighted by atomic mass is 19.4. The van der Waals surface area contributed by atoms with Crippen molar-refractivity contribution in [3.05, 3.63) is 65.2 Å². The molecule has 0 bridgehead atoms. The highest BCUT2D eigenvalue weighted by molar-refractivity contribution is 6.08. The van der Waals surface area contributed by atoms with Gasteiger partial charge in [-0.15, -0.1) is 0 Å². The van der Waals surface area contributed by atoms with E-state index in [0.717, 1.165) is 12.1 Å². The Morgan fingerprint density at radius 3 is 2.32 bits per heavy atom. The van der Waals surface area contributed by atoms with Crippen molar-refractivity contribution in [3.8, 4) is 11.8 Å². The molecular weight excluding hydrogens is 295 g/mol. The van der Waals surface area contributed by atoms with E-state index in [2.05, 4.69) is 0 Å². The van der Waals surface area contributed by atoms with Gasteiger partial charge in [-0.1, -0.05) is 18.2 Å². The van der Waals surface area contributed by atoms with E-state index >= 15 is 0 Å². The van der Waals surface area contributed by atoms with Gasteiger partial charge < -0.3 is 4.74 Å². The summed E-state index contributed by atoms with van der Waals surface area (Å²) in [7, 11) is 0. The number of hydrogen-bond acceptors (Lipinski definition) is 3. The molecule has 0 N–H and O–H groups in total. The Labute approximate surface area is 124 Å². The predicted octanol–water partition coefficient (Wildman–Crippen LogP) is 3.99. The molecule has 0 aromatic heterocycles. The van der Waals surface area contributed by atoms with E-state index in [9.17, 15) is 18.0 Å². The summed E-state index contributed by atoms with van der Waals surface area (Å²) in [6.45, 7) is -0.0189. The summed E-state index contributed by atoms with van der Waals surface area (Å²) >= 11 is 0. The zero-order valence-corrected chi connectivity index (χ0v) is 11.2. The summed E-state index contributed by atoms with van der Waals surface area (Å²) in [5.41, 5.74) is -0.0502. The van der Waals surface area contributed by atoms with Crippen LogP contribution in [0, 0.1) is 11.3 Å². The second-order valence-electron chi connectivity index (χ2n) is 4.41. The maximum absolute atomic E-state index is 12.4. The predicted molar refractivity (Wildman–Crippen MR) is 72.2 cm³/mol. The Hall–Kier alpha value is -2.81. The van der Waals surface area contributed by atoms with Gasteiger partial charge in [-0.2, -0.15) is 18.4 Å². The van der Waals surface area contributed by atoms with Gasteiger partial charge in [-0.25, -0.2) is 0 Å². The van der Waals surface area contributed by atoms with Gasteiger partial charge in [0.25, 0.3) is 5.78 Å². The summed E-state index contributed by atoms with van der Waals surface area (Å²) in [4.78, 5) is 11.5. The second kappa shape index (κ2) is 6.31. The maximum Gasteiger partial charge on any atom is 0.416 e. The van der Waals surface area contributed by atoms with Crippen molar-refractivity contribution in [3.63, 3.8) is 0 Å². The smallest absolute Gasteiger partial charge is 0.416 e. The summed E-state index contributed by atoms with van der Waals surface area (Å²) in [6, 6.07) is 12.2. The lowest BCUT2D eigenvalue weighted by molar-refractivity contribution is -0.137. The van der Waals surface area contributed by atoms with Crippen LogP contribution in [0.5, 0.6) is 5.75 Å². The van der Waals surface area contributed by atoms with Gasteiger partial charge in [-0.3, -0.25) is 4.79 Å². The van der Waals surface area contributed by atoms with E-state index in [0.29, 0.717) is 5.56 Å². The van der Waals surface area contributed by atoms with Crippen molar-refractivity contribution >= 4 is 5.78 Å². The summed E-state index contributed by atoms with van der Waals surface area (Å²) in [5.74, 6) is -0.446. The molecule has 0 unspecified atom stereocenters. The average molecular weight is 305 g/mol. The Balaban J connectivity index is 2.11. The minimum atomic E-state index is -4.40. The summed E-state index contributed by atoms with van der Waals surface area (Å²) in [5, 5.41) is 8.66. The molecule has 0 aliphatic carbocycles. The Kier molecular flexibility index (Phi) is 4.47. The number of carbonyl (C=O) groups is 1. The highest BCUT2D eigenvalue weighted by Crippen LogP contribution is 2.30. The van der Waals surface area contributed by atoms with Crippen LogP contribution in [0.3, 0.4) is 0 Å². The molecule has 2 aromatic rings. The number of halogens is 3. The number of alkyl halides is 3. The lowest BCUT2D eigenvalue weighted by atomic mass is 10.1. The molecule has 0 aliphatic rings. The maximum atomic E-state index is 12.4. The zero-order chi connectivity index (χ0) is 16.2. The number of nitrogens with zero attached hydrogens (tertiary/aromatic N) is 1. The Morgan fingerprint density at radius 1 is 1.09 bits per heavy atom. The largest absolute Gasteiger partial charge is 0.489 e. The lowest BCUT2D eigenvalue weighted by Gasteiger charge is -2.10. The van der Waals surface area contributed by atoms with Gasteiger partial charge in [0, 0.05) is 11.1 Å². The molecule has 112 valence electrons. The summed E-state index contributed by atoms with van der Waals surface area (Å²) < 4.78 is 42.7. The van der Waals surface area contributed by atoms with E-state index in [1.54, 1.807) is 18.2 Å². The molecule has 0 saturated carbocycles. The van der Waals surface area contributed by atoms with Gasteiger partial charge in [0.05, 0.1) is 5.56 Å². The molecule has 0 spiro atoms. The SMILES string of the molecule is N#CC(=O)c1ccccc1COc1ccc(C(F)(F)F)cc1. The van der Waals surface area contributed by atoms with Crippen LogP contribution in [0.1, 0.15) is 21.5 Å². The number of ketones is 1. The first-order valence-corrected chi connectivity index (χ1v) is 6.24. The zero-order valence-electron chi connectivity index (χ0n) is 11.2. The Bertz CT molecular complexity index is 715. The number of carbonyl (C=O) groups excluding carboxylic acids is 1. The molecule has 0 fully saturated rings. The van der Waals surface area contributed by atoms with Crippen molar-refractivity contribution < 1.29 is 22.7 Å². The second-order valence-corrected chi connectivity index (χ2v) is 4.41. The van der Waals surface area contributed by atoms with Crippen molar-refractivity contribution in [2.45, 2.75) is 12.8 Å². The first kappa shape index (κ1) is 15.6. The van der Waals surface area contributed by atoms with Gasteiger partial charge in [0.1, 0.15) is 18.4 Å². The molecule has 6 heteroatoms. The van der Waals surface area contributed by atoms with E-state index in [4.69, 9.17) is 10.00 Å². The first-order chi connectivity index (χ1) is 10.4. The highest BCUT2D eigenvalue weighted by Gasteiger charge is 2.30. The van der Waals surface area contributed by atoms with Crippen LogP contribution in [0.25, 0.3) is 0 Å². The van der Waals surface area contributed by atoms with Crippen LogP contribution in [-0.4, -0.2) is 5.78 Å². The third kappa shape index (κ3) is 3.64. The fraction of sp³-hybridized carbons (Fsp3) is 0.125. The molecule has 2 rings (SSSR count). The number of nitriles is 1. The molecule has 0 amide bonds. The number of ether oxygens (including phenoxy) is 1. The quantitative estimate of drug-likeness (QED) is 0.634. The monoisotopic (exact) mass is 305 g/mol. The van der Waals surface area contributed by atoms with Crippen LogP contribution in [0.4, 0.5) is 13.2 Å².